The number of alkyl halides is 3. The smallest absolute Gasteiger partial charge is 0.419 e. The Bertz CT molecular complexity index is 1460. The molecule has 0 heterocycles. The quantitative estimate of drug-likeness (QED) is 0.180. The molecule has 5 nitrogen and oxygen atoms in total. The van der Waals surface area contributed by atoms with Crippen molar-refractivity contribution in [1.29, 1.82) is 0 Å². The van der Waals surface area contributed by atoms with Crippen LogP contribution in [0.1, 0.15) is 34.5 Å². The van der Waals surface area contributed by atoms with Gasteiger partial charge in [0.25, 0.3) is 0 Å². The van der Waals surface area contributed by atoms with Crippen LogP contribution in [-0.4, -0.2) is 31.3 Å². The molecule has 0 aliphatic carbocycles. The van der Waals surface area contributed by atoms with Crippen LogP contribution in [0.3, 0.4) is 0 Å². The number of benzene rings is 4. The molecule has 4 aromatic carbocycles. The Labute approximate surface area is 216 Å². The maximum atomic E-state index is 14.9. The Morgan fingerprint density at radius 1 is 1.00 bits per heavy atom. The number of carboxylic acids is 1. The fourth-order valence-electron chi connectivity index (χ4n) is 4.28. The average Bonchev–Trinajstić information content (AvgIpc) is 2.90. The van der Waals surface area contributed by atoms with E-state index in [0.717, 1.165) is 35.6 Å². The van der Waals surface area contributed by atoms with E-state index in [1.165, 1.54) is 12.1 Å². The minimum absolute atomic E-state index is 0.0164. The molecule has 1 unspecified atom stereocenters. The molecule has 9 heteroatoms. The molecule has 0 aliphatic rings. The van der Waals surface area contributed by atoms with Crippen LogP contribution in [0.25, 0.3) is 21.9 Å². The number of nitrogens with one attached hydrogen (secondary N) is 1. The zero-order chi connectivity index (χ0) is 27.4. The highest BCUT2D eigenvalue weighted by molar-refractivity contribution is 5.90. The number of ether oxygens (including phenoxy) is 2. The van der Waals surface area contributed by atoms with Crippen molar-refractivity contribution < 1.29 is 36.9 Å². The lowest BCUT2D eigenvalue weighted by atomic mass is 9.99. The number of rotatable bonds is 9. The molecule has 4 aromatic rings. The van der Waals surface area contributed by atoms with Crippen molar-refractivity contribution in [3.8, 4) is 22.6 Å². The van der Waals surface area contributed by atoms with Gasteiger partial charge in [0, 0.05) is 18.2 Å². The highest BCUT2D eigenvalue weighted by Crippen LogP contribution is 2.39. The molecule has 38 heavy (non-hydrogen) atoms. The maximum Gasteiger partial charge on any atom is 0.419 e. The number of carboxylic acid groups (broad SMARTS) is 1. The molecule has 0 aliphatic heterocycles. The fourth-order valence-corrected chi connectivity index (χ4v) is 4.28. The third kappa shape index (κ3) is 5.89. The Balaban J connectivity index is 1.55. The topological polar surface area (TPSA) is 67.8 Å². The lowest BCUT2D eigenvalue weighted by molar-refractivity contribution is -0.140. The molecule has 0 aromatic heterocycles. The Morgan fingerprint density at radius 3 is 2.45 bits per heavy atom. The summed E-state index contributed by atoms with van der Waals surface area (Å²) in [5, 5.41) is 15.1. The van der Waals surface area contributed by atoms with E-state index in [1.54, 1.807) is 0 Å². The molecule has 4 rings (SSSR count). The number of fused-ring (bicyclic) bond motifs is 1. The number of methoxy groups -OCH3 is 1. The fraction of sp³-hybridized carbons (Fsp3) is 0.207. The van der Waals surface area contributed by atoms with E-state index in [2.05, 4.69) is 5.32 Å². The summed E-state index contributed by atoms with van der Waals surface area (Å²) < 4.78 is 65.8. The lowest BCUT2D eigenvalue weighted by Gasteiger charge is -2.17. The van der Waals surface area contributed by atoms with Gasteiger partial charge in [-0.2, -0.15) is 13.2 Å². The van der Waals surface area contributed by atoms with Gasteiger partial charge < -0.3 is 19.9 Å². The van der Waals surface area contributed by atoms with Gasteiger partial charge >= 0.3 is 12.1 Å². The number of halogens is 4. The van der Waals surface area contributed by atoms with E-state index in [4.69, 9.17) is 9.47 Å². The van der Waals surface area contributed by atoms with Gasteiger partial charge in [-0.3, -0.25) is 0 Å². The largest absolute Gasteiger partial charge is 0.497 e. The molecule has 0 saturated heterocycles. The van der Waals surface area contributed by atoms with E-state index in [1.807, 2.05) is 49.4 Å². The van der Waals surface area contributed by atoms with Crippen LogP contribution in [-0.2, 0) is 6.18 Å². The zero-order valence-corrected chi connectivity index (χ0v) is 20.6. The van der Waals surface area contributed by atoms with Crippen LogP contribution in [0.15, 0.2) is 72.8 Å². The Kier molecular flexibility index (Phi) is 7.87. The minimum Gasteiger partial charge on any atom is -0.497 e. The molecule has 0 radical (unpaired) electrons. The van der Waals surface area contributed by atoms with Gasteiger partial charge in [-0.05, 0) is 59.2 Å². The summed E-state index contributed by atoms with van der Waals surface area (Å²) in [6.45, 7) is 2.53. The predicted octanol–water partition coefficient (Wildman–Crippen LogP) is 7.10. The summed E-state index contributed by atoms with van der Waals surface area (Å²) in [4.78, 5) is 11.7. The predicted molar refractivity (Wildman–Crippen MR) is 136 cm³/mol. The third-order valence-corrected chi connectivity index (χ3v) is 6.16. The van der Waals surface area contributed by atoms with Gasteiger partial charge in [0.2, 0.25) is 0 Å². The molecular weight excluding hydrogens is 502 g/mol. The molecule has 0 fully saturated rings. The lowest BCUT2D eigenvalue weighted by Crippen LogP contribution is -2.24. The van der Waals surface area contributed by atoms with Crippen LogP contribution in [0.5, 0.6) is 11.5 Å². The summed E-state index contributed by atoms with van der Waals surface area (Å²) in [7, 11) is 1.16. The number of hydrogen-bond acceptors (Lipinski definition) is 4. The molecule has 0 bridgehead atoms. The van der Waals surface area contributed by atoms with Gasteiger partial charge in [0.1, 0.15) is 23.9 Å². The number of aromatic carboxylic acids is 1. The second-order valence-corrected chi connectivity index (χ2v) is 8.68. The van der Waals surface area contributed by atoms with Crippen LogP contribution < -0.4 is 14.8 Å². The number of hydrogen-bond donors (Lipinski definition) is 2. The van der Waals surface area contributed by atoms with Crippen molar-refractivity contribution in [2.75, 3.05) is 20.3 Å². The first-order valence-electron chi connectivity index (χ1n) is 11.8. The Morgan fingerprint density at radius 2 is 1.74 bits per heavy atom. The summed E-state index contributed by atoms with van der Waals surface area (Å²) >= 11 is 0. The van der Waals surface area contributed by atoms with Crippen LogP contribution >= 0.6 is 0 Å². The van der Waals surface area contributed by atoms with Gasteiger partial charge in [-0.1, -0.05) is 42.5 Å². The second kappa shape index (κ2) is 11.1. The number of carbonyl (C=O) groups is 1. The molecule has 0 spiro atoms. The first kappa shape index (κ1) is 26.9. The van der Waals surface area contributed by atoms with Crippen molar-refractivity contribution in [3.63, 3.8) is 0 Å². The van der Waals surface area contributed by atoms with E-state index >= 15 is 0 Å². The third-order valence-electron chi connectivity index (χ3n) is 6.16. The summed E-state index contributed by atoms with van der Waals surface area (Å²) in [6, 6.07) is 19.3. The van der Waals surface area contributed by atoms with Gasteiger partial charge in [-0.25, -0.2) is 9.18 Å². The average molecular weight is 528 g/mol. The normalized spacial score (nSPS) is 12.4. The summed E-state index contributed by atoms with van der Waals surface area (Å²) in [6.07, 6.45) is -4.97. The Hall–Kier alpha value is -4.11. The molecule has 0 saturated carbocycles. The van der Waals surface area contributed by atoms with Crippen molar-refractivity contribution in [3.05, 3.63) is 95.3 Å². The first-order chi connectivity index (χ1) is 18.1. The van der Waals surface area contributed by atoms with Crippen LogP contribution in [0.4, 0.5) is 17.6 Å². The molecule has 1 atom stereocenters. The van der Waals surface area contributed by atoms with Crippen LogP contribution in [0.2, 0.25) is 0 Å². The van der Waals surface area contributed by atoms with Gasteiger partial charge in [0.05, 0.1) is 18.2 Å². The molecule has 198 valence electrons. The van der Waals surface area contributed by atoms with Crippen molar-refractivity contribution in [2.24, 2.45) is 0 Å². The molecule has 2 N–H and O–H groups in total. The van der Waals surface area contributed by atoms with Gasteiger partial charge in [-0.15, -0.1) is 0 Å². The van der Waals surface area contributed by atoms with Crippen molar-refractivity contribution in [2.45, 2.75) is 19.1 Å². The van der Waals surface area contributed by atoms with Crippen LogP contribution in [0, 0.1) is 5.82 Å². The highest BCUT2D eigenvalue weighted by Gasteiger charge is 2.36. The monoisotopic (exact) mass is 527 g/mol. The maximum absolute atomic E-state index is 14.9. The van der Waals surface area contributed by atoms with E-state index in [0.29, 0.717) is 12.6 Å². The minimum atomic E-state index is -4.97. The highest BCUT2D eigenvalue weighted by atomic mass is 19.4. The van der Waals surface area contributed by atoms with Crippen molar-refractivity contribution >= 4 is 16.7 Å². The summed E-state index contributed by atoms with van der Waals surface area (Å²) in [5.41, 5.74) is -1.20. The SMILES string of the molecule is COc1cc(-c2cc(OCCNC(C)c3cccc4ccccc34)cc(C(=O)O)c2)c(F)c(C(F)(F)F)c1. The standard InChI is InChI=1S/C29H25F4NO4/c1-17(23-9-5-7-18-6-3-4-8-24(18)23)34-10-11-38-22-13-19(12-20(14-22)28(35)36)25-15-21(37-2)16-26(27(25)30)29(31,32)33/h3-9,12-17,34H,10-11H2,1-2H3,(H,35,36). The van der Waals surface area contributed by atoms with E-state index in [-0.39, 0.29) is 35.3 Å². The van der Waals surface area contributed by atoms with Crippen molar-refractivity contribution in [1.82, 2.24) is 5.32 Å². The molecular formula is C29H25F4NO4. The van der Waals surface area contributed by atoms with Gasteiger partial charge in [0.15, 0.2) is 0 Å². The summed E-state index contributed by atoms with van der Waals surface area (Å²) in [5.74, 6) is -3.00. The molecule has 0 amide bonds. The van der Waals surface area contributed by atoms with E-state index in [9.17, 15) is 27.5 Å². The second-order valence-electron chi connectivity index (χ2n) is 8.68. The first-order valence-corrected chi connectivity index (χ1v) is 11.8. The van der Waals surface area contributed by atoms with E-state index < -0.39 is 29.1 Å². The zero-order valence-electron chi connectivity index (χ0n) is 20.6.